The van der Waals surface area contributed by atoms with Crippen LogP contribution in [0.5, 0.6) is 11.5 Å². The Balaban J connectivity index is 1.36. The number of aromatic nitrogens is 1. The summed E-state index contributed by atoms with van der Waals surface area (Å²) in [7, 11) is 1.65. The Kier molecular flexibility index (Phi) is 12.3. The van der Waals surface area contributed by atoms with Crippen LogP contribution >= 0.6 is 0 Å². The number of methoxy groups -OCH3 is 1. The molecule has 0 saturated heterocycles. The van der Waals surface area contributed by atoms with E-state index in [0.717, 1.165) is 34.3 Å². The fraction of sp³-hybridized carbons (Fsp3) is 0.485. The first kappa shape index (κ1) is 28.6. The molecule has 3 aromatic rings. The number of carbonyl (C=O) groups excluding carboxylic acids is 1. The first-order valence-corrected chi connectivity index (χ1v) is 14.2. The molecule has 4 heteroatoms. The summed E-state index contributed by atoms with van der Waals surface area (Å²) < 4.78 is 11.1. The molecule has 0 spiro atoms. The van der Waals surface area contributed by atoms with Gasteiger partial charge in [0, 0.05) is 16.6 Å². The van der Waals surface area contributed by atoms with Crippen LogP contribution in [-0.4, -0.2) is 18.1 Å². The Hall–Kier alpha value is -3.01. The second-order valence-electron chi connectivity index (χ2n) is 10.1. The number of H-pyrrole nitrogens is 1. The summed E-state index contributed by atoms with van der Waals surface area (Å²) in [5.74, 6) is 1.15. The Morgan fingerprint density at radius 1 is 0.865 bits per heavy atom. The second-order valence-corrected chi connectivity index (χ2v) is 10.1. The lowest BCUT2D eigenvalue weighted by Gasteiger charge is -2.08. The Labute approximate surface area is 223 Å². The van der Waals surface area contributed by atoms with Crippen molar-refractivity contribution in [3.05, 3.63) is 71.4 Å². The lowest BCUT2D eigenvalue weighted by molar-refractivity contribution is -0.133. The van der Waals surface area contributed by atoms with Crippen LogP contribution in [0.1, 0.15) is 94.4 Å². The highest BCUT2D eigenvalue weighted by Crippen LogP contribution is 2.27. The molecule has 1 aromatic heterocycles. The molecule has 0 amide bonds. The number of aryl methyl sites for hydroxylation is 2. The van der Waals surface area contributed by atoms with Crippen LogP contribution in [0, 0.1) is 6.92 Å². The van der Waals surface area contributed by atoms with Gasteiger partial charge in [-0.25, -0.2) is 0 Å². The maximum atomic E-state index is 12.8. The lowest BCUT2D eigenvalue weighted by Crippen LogP contribution is -2.12. The third-order valence-electron chi connectivity index (χ3n) is 7.01. The van der Waals surface area contributed by atoms with E-state index in [0.29, 0.717) is 5.75 Å². The average molecular weight is 504 g/mol. The van der Waals surface area contributed by atoms with E-state index in [2.05, 4.69) is 30.1 Å². The van der Waals surface area contributed by atoms with Crippen LogP contribution in [0.4, 0.5) is 0 Å². The van der Waals surface area contributed by atoms with Crippen molar-refractivity contribution < 1.29 is 14.3 Å². The zero-order valence-electron chi connectivity index (χ0n) is 23.1. The SMILES string of the molecule is CCCCCC/C=C\CCCCCCCc1cccc(OC(=O)Cc2c(C)[nH]c3ccc(OC)cc23)c1. The molecule has 200 valence electrons. The molecule has 0 aliphatic rings. The summed E-state index contributed by atoms with van der Waals surface area (Å²) in [6.07, 6.45) is 20.1. The van der Waals surface area contributed by atoms with Crippen LogP contribution < -0.4 is 9.47 Å². The normalized spacial score (nSPS) is 11.4. The number of rotatable bonds is 17. The molecular formula is C33H45NO3. The number of benzene rings is 2. The highest BCUT2D eigenvalue weighted by atomic mass is 16.5. The van der Waals surface area contributed by atoms with Crippen LogP contribution in [0.3, 0.4) is 0 Å². The number of hydrogen-bond acceptors (Lipinski definition) is 3. The largest absolute Gasteiger partial charge is 0.497 e. The average Bonchev–Trinajstić information content (AvgIpc) is 3.20. The van der Waals surface area contributed by atoms with Gasteiger partial charge < -0.3 is 14.5 Å². The molecular weight excluding hydrogens is 458 g/mol. The summed E-state index contributed by atoms with van der Waals surface area (Å²) in [6, 6.07) is 13.8. The van der Waals surface area contributed by atoms with Crippen molar-refractivity contribution in [2.24, 2.45) is 0 Å². The molecule has 0 aliphatic heterocycles. The molecule has 0 unspecified atom stereocenters. The topological polar surface area (TPSA) is 51.3 Å². The summed E-state index contributed by atoms with van der Waals surface area (Å²) in [5, 5.41) is 1.00. The van der Waals surface area contributed by atoms with Crippen molar-refractivity contribution >= 4 is 16.9 Å². The van der Waals surface area contributed by atoms with Gasteiger partial charge in [-0.15, -0.1) is 0 Å². The molecule has 1 heterocycles. The van der Waals surface area contributed by atoms with Crippen LogP contribution in [-0.2, 0) is 17.6 Å². The zero-order valence-corrected chi connectivity index (χ0v) is 23.1. The number of carbonyl (C=O) groups is 1. The standard InChI is InChI=1S/C33H45NO3/c1-4-5-6-7-8-9-10-11-12-13-14-15-16-18-27-19-17-20-29(23-27)37-33(35)25-30-26(2)34-32-22-21-28(36-3)24-31(30)32/h9-10,17,19-24,34H,4-8,11-16,18,25H2,1-3H3/b10-9-. The molecule has 0 bridgehead atoms. The van der Waals surface area contributed by atoms with Gasteiger partial charge >= 0.3 is 5.97 Å². The second kappa shape index (κ2) is 16.0. The molecule has 0 aliphatic carbocycles. The van der Waals surface area contributed by atoms with E-state index in [1.807, 2.05) is 43.3 Å². The molecule has 4 nitrogen and oxygen atoms in total. The van der Waals surface area contributed by atoms with Crippen molar-refractivity contribution in [3.8, 4) is 11.5 Å². The number of unbranched alkanes of at least 4 members (excludes halogenated alkanes) is 9. The summed E-state index contributed by atoms with van der Waals surface area (Å²) in [6.45, 7) is 4.25. The third kappa shape index (κ3) is 9.76. The number of allylic oxidation sites excluding steroid dienone is 2. The number of hydrogen-bond donors (Lipinski definition) is 1. The van der Waals surface area contributed by atoms with Gasteiger partial charge in [0.05, 0.1) is 13.5 Å². The quantitative estimate of drug-likeness (QED) is 0.0865. The summed E-state index contributed by atoms with van der Waals surface area (Å²) in [4.78, 5) is 16.1. The van der Waals surface area contributed by atoms with Crippen LogP contribution in [0.25, 0.3) is 10.9 Å². The van der Waals surface area contributed by atoms with Crippen molar-refractivity contribution in [1.29, 1.82) is 0 Å². The highest BCUT2D eigenvalue weighted by Gasteiger charge is 2.15. The van der Waals surface area contributed by atoms with E-state index in [1.165, 1.54) is 76.2 Å². The molecule has 37 heavy (non-hydrogen) atoms. The van der Waals surface area contributed by atoms with Gasteiger partial charge in [0.1, 0.15) is 11.5 Å². The van der Waals surface area contributed by atoms with Gasteiger partial charge in [-0.05, 0) is 86.9 Å². The van der Waals surface area contributed by atoms with E-state index in [9.17, 15) is 4.79 Å². The van der Waals surface area contributed by atoms with Crippen molar-refractivity contribution in [1.82, 2.24) is 4.98 Å². The van der Waals surface area contributed by atoms with Gasteiger partial charge in [-0.1, -0.05) is 69.7 Å². The summed E-state index contributed by atoms with van der Waals surface area (Å²) >= 11 is 0. The number of ether oxygens (including phenoxy) is 2. The predicted octanol–water partition coefficient (Wildman–Crippen LogP) is 9.04. The van der Waals surface area contributed by atoms with E-state index >= 15 is 0 Å². The molecule has 0 fully saturated rings. The molecule has 0 radical (unpaired) electrons. The van der Waals surface area contributed by atoms with Crippen molar-refractivity contribution in [3.63, 3.8) is 0 Å². The van der Waals surface area contributed by atoms with E-state index in [4.69, 9.17) is 9.47 Å². The smallest absolute Gasteiger partial charge is 0.315 e. The third-order valence-corrected chi connectivity index (χ3v) is 7.01. The lowest BCUT2D eigenvalue weighted by atomic mass is 10.0. The van der Waals surface area contributed by atoms with Gasteiger partial charge in [0.2, 0.25) is 0 Å². The maximum Gasteiger partial charge on any atom is 0.315 e. The first-order valence-electron chi connectivity index (χ1n) is 14.2. The molecule has 0 atom stereocenters. The predicted molar refractivity (Wildman–Crippen MR) is 155 cm³/mol. The number of fused-ring (bicyclic) bond motifs is 1. The van der Waals surface area contributed by atoms with Crippen molar-refractivity contribution in [2.45, 2.75) is 97.3 Å². The zero-order chi connectivity index (χ0) is 26.3. The first-order chi connectivity index (χ1) is 18.1. The number of nitrogens with one attached hydrogen (secondary N) is 1. The Morgan fingerprint density at radius 2 is 1.59 bits per heavy atom. The van der Waals surface area contributed by atoms with Gasteiger partial charge in [-0.3, -0.25) is 4.79 Å². The Morgan fingerprint density at radius 3 is 2.35 bits per heavy atom. The van der Waals surface area contributed by atoms with Crippen LogP contribution in [0.15, 0.2) is 54.6 Å². The van der Waals surface area contributed by atoms with E-state index < -0.39 is 0 Å². The monoisotopic (exact) mass is 503 g/mol. The minimum Gasteiger partial charge on any atom is -0.497 e. The molecule has 0 saturated carbocycles. The highest BCUT2D eigenvalue weighted by molar-refractivity contribution is 5.90. The fourth-order valence-electron chi connectivity index (χ4n) is 4.84. The minimum absolute atomic E-state index is 0.220. The minimum atomic E-state index is -0.251. The van der Waals surface area contributed by atoms with Gasteiger partial charge in [0.15, 0.2) is 0 Å². The van der Waals surface area contributed by atoms with Gasteiger partial charge in [-0.2, -0.15) is 0 Å². The van der Waals surface area contributed by atoms with Gasteiger partial charge in [0.25, 0.3) is 0 Å². The molecule has 2 aromatic carbocycles. The summed E-state index contributed by atoms with van der Waals surface area (Å²) in [5.41, 5.74) is 4.16. The number of esters is 1. The molecule has 1 N–H and O–H groups in total. The van der Waals surface area contributed by atoms with Crippen molar-refractivity contribution in [2.75, 3.05) is 7.11 Å². The fourth-order valence-corrected chi connectivity index (χ4v) is 4.84. The molecule has 3 rings (SSSR count). The number of aromatic amines is 1. The van der Waals surface area contributed by atoms with E-state index in [-0.39, 0.29) is 12.4 Å². The maximum absolute atomic E-state index is 12.8. The van der Waals surface area contributed by atoms with E-state index in [1.54, 1.807) is 7.11 Å². The Bertz CT molecular complexity index is 1130. The van der Waals surface area contributed by atoms with Crippen LogP contribution in [0.2, 0.25) is 0 Å².